The molecule has 30 heavy (non-hydrogen) atoms. The number of hydrogen-bond acceptors (Lipinski definition) is 4. The minimum atomic E-state index is -4.37. The molecular weight excluding hydrogens is 395 g/mol. The molecule has 0 atom stereocenters. The minimum absolute atomic E-state index is 0.342. The molecule has 0 saturated carbocycles. The molecule has 10 heteroatoms. The van der Waals surface area contributed by atoms with Crippen LogP contribution >= 0.6 is 0 Å². The van der Waals surface area contributed by atoms with Gasteiger partial charge >= 0.3 is 6.18 Å². The highest BCUT2D eigenvalue weighted by atomic mass is 19.4. The van der Waals surface area contributed by atoms with E-state index in [0.717, 1.165) is 35.9 Å². The normalized spacial score (nSPS) is 12.4. The summed E-state index contributed by atoms with van der Waals surface area (Å²) in [5.41, 5.74) is 1.48. The van der Waals surface area contributed by atoms with E-state index in [-0.39, 0.29) is 0 Å². The number of hydrogen-bond donors (Lipinski definition) is 2. The second kappa shape index (κ2) is 10.3. The van der Waals surface area contributed by atoms with Crippen LogP contribution < -0.4 is 10.6 Å². The minimum Gasteiger partial charge on any atom is -0.370 e. The van der Waals surface area contributed by atoms with Crippen LogP contribution in [-0.2, 0) is 19.8 Å². The fourth-order valence-electron chi connectivity index (χ4n) is 3.05. The Hall–Kier alpha value is -2.78. The van der Waals surface area contributed by atoms with Crippen LogP contribution in [0.4, 0.5) is 19.0 Å². The van der Waals surface area contributed by atoms with E-state index < -0.39 is 11.7 Å². The molecule has 0 bridgehead atoms. The summed E-state index contributed by atoms with van der Waals surface area (Å²) in [6.07, 6.45) is -0.760. The Morgan fingerprint density at radius 3 is 2.57 bits per heavy atom. The van der Waals surface area contributed by atoms with E-state index in [9.17, 15) is 13.2 Å². The molecule has 7 nitrogen and oxygen atoms in total. The Morgan fingerprint density at radius 2 is 2.00 bits per heavy atom. The number of nitrogens with one attached hydrogen (secondary N) is 2. The number of aliphatic imine (C=N–C) groups is 1. The third-order valence-electron chi connectivity index (χ3n) is 4.50. The highest BCUT2D eigenvalue weighted by molar-refractivity contribution is 5.79. The van der Waals surface area contributed by atoms with Gasteiger partial charge < -0.3 is 15.5 Å². The summed E-state index contributed by atoms with van der Waals surface area (Å²) in [6, 6.07) is 2.36. The highest BCUT2D eigenvalue weighted by Gasteiger charge is 2.30. The number of halogens is 3. The molecule has 166 valence electrons. The molecule has 2 rings (SSSR count). The molecule has 0 fully saturated rings. The van der Waals surface area contributed by atoms with Crippen molar-refractivity contribution in [2.45, 2.75) is 38.9 Å². The SMILES string of the molecule is CN=C(NCCCNc1ccc(C(F)(F)F)cn1)N(C)Cc1cn(C)nc1C(C)C. The summed E-state index contributed by atoms with van der Waals surface area (Å²) in [6.45, 7) is 6.17. The molecule has 0 amide bonds. The lowest BCUT2D eigenvalue weighted by molar-refractivity contribution is -0.137. The van der Waals surface area contributed by atoms with Gasteiger partial charge in [-0.3, -0.25) is 9.67 Å². The molecule has 0 aliphatic rings. The zero-order valence-electron chi connectivity index (χ0n) is 18.1. The third kappa shape index (κ3) is 6.64. The van der Waals surface area contributed by atoms with Gasteiger partial charge in [0.1, 0.15) is 5.82 Å². The van der Waals surface area contributed by atoms with Crippen molar-refractivity contribution in [1.29, 1.82) is 0 Å². The zero-order valence-corrected chi connectivity index (χ0v) is 18.1. The van der Waals surface area contributed by atoms with Gasteiger partial charge in [0.2, 0.25) is 0 Å². The highest BCUT2D eigenvalue weighted by Crippen LogP contribution is 2.28. The standard InChI is InChI=1S/C20H30F3N7/c1-14(2)18-15(13-30(5)28-18)12-29(4)19(24-3)26-10-6-9-25-17-8-7-16(11-27-17)20(21,22)23/h7-8,11,13-14H,6,9-10,12H2,1-5H3,(H,24,26)(H,25,27). The molecule has 2 N–H and O–H groups in total. The van der Waals surface area contributed by atoms with Crippen LogP contribution in [0.25, 0.3) is 0 Å². The first kappa shape index (κ1) is 23.5. The van der Waals surface area contributed by atoms with E-state index in [2.05, 4.69) is 39.6 Å². The monoisotopic (exact) mass is 425 g/mol. The van der Waals surface area contributed by atoms with Crippen molar-refractivity contribution < 1.29 is 13.2 Å². The Bertz CT molecular complexity index is 826. The topological polar surface area (TPSA) is 70.4 Å². The van der Waals surface area contributed by atoms with Crippen molar-refractivity contribution >= 4 is 11.8 Å². The average Bonchev–Trinajstić information content (AvgIpc) is 3.04. The number of aromatic nitrogens is 3. The van der Waals surface area contributed by atoms with E-state index in [0.29, 0.717) is 31.4 Å². The number of anilines is 1. The Kier molecular flexibility index (Phi) is 8.08. The van der Waals surface area contributed by atoms with E-state index in [4.69, 9.17) is 0 Å². The molecule has 0 saturated heterocycles. The fourth-order valence-corrected chi connectivity index (χ4v) is 3.05. The molecule has 0 unspecified atom stereocenters. The molecular formula is C20H30F3N7. The van der Waals surface area contributed by atoms with E-state index in [1.54, 1.807) is 7.05 Å². The number of nitrogens with zero attached hydrogens (tertiary/aromatic N) is 5. The van der Waals surface area contributed by atoms with E-state index >= 15 is 0 Å². The molecule has 0 aliphatic heterocycles. The Labute approximate surface area is 175 Å². The lowest BCUT2D eigenvalue weighted by Crippen LogP contribution is -2.39. The quantitative estimate of drug-likeness (QED) is 0.385. The first-order valence-corrected chi connectivity index (χ1v) is 9.83. The Balaban J connectivity index is 1.78. The maximum absolute atomic E-state index is 12.6. The maximum atomic E-state index is 12.6. The van der Waals surface area contributed by atoms with Gasteiger partial charge in [-0.05, 0) is 24.5 Å². The van der Waals surface area contributed by atoms with Crippen LogP contribution in [-0.4, -0.2) is 52.8 Å². The molecule has 0 radical (unpaired) electrons. The third-order valence-corrected chi connectivity index (χ3v) is 4.50. The van der Waals surface area contributed by atoms with Gasteiger partial charge in [0.25, 0.3) is 0 Å². The predicted octanol–water partition coefficient (Wildman–Crippen LogP) is 3.47. The van der Waals surface area contributed by atoms with Gasteiger partial charge in [-0.2, -0.15) is 18.3 Å². The van der Waals surface area contributed by atoms with Crippen LogP contribution in [0, 0.1) is 0 Å². The van der Waals surface area contributed by atoms with Gasteiger partial charge in [-0.25, -0.2) is 4.98 Å². The van der Waals surface area contributed by atoms with Gasteiger partial charge in [0.05, 0.1) is 11.3 Å². The van der Waals surface area contributed by atoms with Crippen molar-refractivity contribution in [3.05, 3.63) is 41.3 Å². The zero-order chi connectivity index (χ0) is 22.3. The Morgan fingerprint density at radius 1 is 1.27 bits per heavy atom. The fraction of sp³-hybridized carbons (Fsp3) is 0.550. The summed E-state index contributed by atoms with van der Waals surface area (Å²) in [4.78, 5) is 10.2. The van der Waals surface area contributed by atoms with Crippen molar-refractivity contribution in [1.82, 2.24) is 25.0 Å². The molecule has 2 aromatic rings. The molecule has 0 aromatic carbocycles. The second-order valence-electron chi connectivity index (χ2n) is 7.41. The first-order valence-electron chi connectivity index (χ1n) is 9.83. The number of rotatable bonds is 8. The molecule has 0 aliphatic carbocycles. The van der Waals surface area contributed by atoms with Gasteiger partial charge in [-0.15, -0.1) is 0 Å². The maximum Gasteiger partial charge on any atom is 0.417 e. The van der Waals surface area contributed by atoms with Crippen LogP contribution in [0.5, 0.6) is 0 Å². The van der Waals surface area contributed by atoms with Crippen molar-refractivity contribution in [2.75, 3.05) is 32.5 Å². The number of alkyl halides is 3. The number of pyridine rings is 1. The molecule has 0 spiro atoms. The summed E-state index contributed by atoms with van der Waals surface area (Å²) in [5, 5.41) is 10.9. The first-order chi connectivity index (χ1) is 14.1. The van der Waals surface area contributed by atoms with E-state index in [1.165, 1.54) is 6.07 Å². The van der Waals surface area contributed by atoms with Crippen LogP contribution in [0.2, 0.25) is 0 Å². The summed E-state index contributed by atoms with van der Waals surface area (Å²) >= 11 is 0. The number of guanidine groups is 1. The largest absolute Gasteiger partial charge is 0.417 e. The smallest absolute Gasteiger partial charge is 0.370 e. The lowest BCUT2D eigenvalue weighted by atomic mass is 10.1. The second-order valence-corrected chi connectivity index (χ2v) is 7.41. The van der Waals surface area contributed by atoms with Gasteiger partial charge in [0, 0.05) is 58.7 Å². The summed E-state index contributed by atoms with van der Waals surface area (Å²) in [7, 11) is 5.62. The lowest BCUT2D eigenvalue weighted by Gasteiger charge is -2.22. The predicted molar refractivity (Wildman–Crippen MR) is 112 cm³/mol. The molecule has 2 aromatic heterocycles. The number of aryl methyl sites for hydroxylation is 1. The van der Waals surface area contributed by atoms with Crippen LogP contribution in [0.15, 0.2) is 29.5 Å². The van der Waals surface area contributed by atoms with E-state index in [1.807, 2.05) is 29.9 Å². The van der Waals surface area contributed by atoms with Crippen molar-refractivity contribution in [3.8, 4) is 0 Å². The van der Waals surface area contributed by atoms with Gasteiger partial charge in [0.15, 0.2) is 5.96 Å². The van der Waals surface area contributed by atoms with Crippen LogP contribution in [0.3, 0.4) is 0 Å². The average molecular weight is 426 g/mol. The van der Waals surface area contributed by atoms with Crippen molar-refractivity contribution in [2.24, 2.45) is 12.0 Å². The summed E-state index contributed by atoms with van der Waals surface area (Å²) in [5.74, 6) is 1.53. The van der Waals surface area contributed by atoms with Gasteiger partial charge in [-0.1, -0.05) is 13.8 Å². The summed E-state index contributed by atoms with van der Waals surface area (Å²) < 4.78 is 39.5. The molecule has 2 heterocycles. The van der Waals surface area contributed by atoms with Crippen LogP contribution in [0.1, 0.15) is 43.0 Å². The van der Waals surface area contributed by atoms with Crippen molar-refractivity contribution in [3.63, 3.8) is 0 Å².